The number of ether oxygens (including phenoxy) is 1. The minimum absolute atomic E-state index is 0.0935. The Hall–Kier alpha value is -3.52. The van der Waals surface area contributed by atoms with E-state index in [1.54, 1.807) is 12.1 Å². The lowest BCUT2D eigenvalue weighted by molar-refractivity contribution is -0.116. The van der Waals surface area contributed by atoms with Crippen LogP contribution >= 0.6 is 0 Å². The van der Waals surface area contributed by atoms with Gasteiger partial charge in [0.25, 0.3) is 0 Å². The predicted molar refractivity (Wildman–Crippen MR) is 102 cm³/mol. The van der Waals surface area contributed by atoms with Crippen LogP contribution in [0.3, 0.4) is 0 Å². The van der Waals surface area contributed by atoms with E-state index >= 15 is 0 Å². The van der Waals surface area contributed by atoms with Crippen LogP contribution in [0, 0.1) is 11.6 Å². The van der Waals surface area contributed by atoms with Crippen molar-refractivity contribution in [2.75, 3.05) is 5.32 Å². The van der Waals surface area contributed by atoms with Crippen LogP contribution in [0.2, 0.25) is 0 Å². The maximum absolute atomic E-state index is 13.7. The van der Waals surface area contributed by atoms with Gasteiger partial charge in [0, 0.05) is 23.0 Å². The average Bonchev–Trinajstić information content (AvgIpc) is 2.69. The highest BCUT2D eigenvalue weighted by atomic mass is 19.1. The van der Waals surface area contributed by atoms with E-state index in [0.717, 1.165) is 6.07 Å². The normalized spacial score (nSPS) is 10.6. The van der Waals surface area contributed by atoms with Crippen LogP contribution in [0.1, 0.15) is 11.3 Å². The first-order chi connectivity index (χ1) is 14.0. The molecular weight excluding hydrogens is 382 g/mol. The van der Waals surface area contributed by atoms with Gasteiger partial charge in [0.1, 0.15) is 24.8 Å². The van der Waals surface area contributed by atoms with Crippen LogP contribution in [0.25, 0.3) is 0 Å². The fraction of sp³-hybridized carbons (Fsp3) is 0.143. The number of halogens is 2. The molecule has 0 spiro atoms. The Morgan fingerprint density at radius 1 is 1.10 bits per heavy atom. The van der Waals surface area contributed by atoms with E-state index in [0.29, 0.717) is 0 Å². The molecule has 0 saturated heterocycles. The molecule has 0 aliphatic heterocycles. The largest absolute Gasteiger partial charge is 0.483 e. The molecule has 3 rings (SSSR count). The summed E-state index contributed by atoms with van der Waals surface area (Å²) in [5.74, 6) is -1.54. The summed E-state index contributed by atoms with van der Waals surface area (Å²) in [6.07, 6.45) is 1.28. The first-order valence-electron chi connectivity index (χ1n) is 8.72. The smallest absolute Gasteiger partial charge is 0.244 e. The van der Waals surface area contributed by atoms with Crippen molar-refractivity contribution in [2.45, 2.75) is 19.8 Å². The molecule has 0 aliphatic carbocycles. The summed E-state index contributed by atoms with van der Waals surface area (Å²) in [7, 11) is 0. The number of aliphatic hydroxyl groups excluding tert-OH is 1. The molecule has 2 aromatic carbocycles. The van der Waals surface area contributed by atoms with Crippen molar-refractivity contribution in [3.63, 3.8) is 0 Å². The van der Waals surface area contributed by atoms with Gasteiger partial charge in [-0.25, -0.2) is 8.78 Å². The maximum atomic E-state index is 13.7. The zero-order chi connectivity index (χ0) is 20.8. The van der Waals surface area contributed by atoms with Crippen LogP contribution in [0.15, 0.2) is 65.6 Å². The van der Waals surface area contributed by atoms with Gasteiger partial charge in [0.05, 0.1) is 12.8 Å². The standard InChI is InChI=1S/C21H18F2N2O4/c22-15-5-3-6-16(8-15)24-21(28)11-25-10-20(19(27)9-17(25)12-26)29-13-14-4-1-2-7-18(14)23/h1-10,26H,11-13H2,(H,24,28). The molecular formula is C21H18F2N2O4. The minimum Gasteiger partial charge on any atom is -0.483 e. The zero-order valence-corrected chi connectivity index (χ0v) is 15.3. The number of rotatable bonds is 7. The molecule has 0 radical (unpaired) electrons. The Balaban J connectivity index is 1.77. The first-order valence-corrected chi connectivity index (χ1v) is 8.72. The molecule has 6 nitrogen and oxygen atoms in total. The number of hydrogen-bond acceptors (Lipinski definition) is 4. The molecule has 150 valence electrons. The average molecular weight is 400 g/mol. The van der Waals surface area contributed by atoms with E-state index < -0.39 is 29.6 Å². The molecule has 0 fully saturated rings. The number of aliphatic hydroxyl groups is 1. The van der Waals surface area contributed by atoms with Crippen LogP contribution < -0.4 is 15.5 Å². The van der Waals surface area contributed by atoms with Crippen molar-refractivity contribution >= 4 is 11.6 Å². The van der Waals surface area contributed by atoms with Crippen LogP contribution in [0.5, 0.6) is 5.75 Å². The monoisotopic (exact) mass is 400 g/mol. The molecule has 0 bridgehead atoms. The van der Waals surface area contributed by atoms with Crippen molar-refractivity contribution < 1.29 is 23.4 Å². The summed E-state index contributed by atoms with van der Waals surface area (Å²) in [5, 5.41) is 12.0. The summed E-state index contributed by atoms with van der Waals surface area (Å²) < 4.78 is 33.7. The zero-order valence-electron chi connectivity index (χ0n) is 15.3. The summed E-state index contributed by atoms with van der Waals surface area (Å²) >= 11 is 0. The van der Waals surface area contributed by atoms with Gasteiger partial charge in [-0.3, -0.25) is 9.59 Å². The molecule has 8 heteroatoms. The summed E-state index contributed by atoms with van der Waals surface area (Å²) in [6.45, 7) is -0.894. The van der Waals surface area contributed by atoms with Crippen LogP contribution in [-0.2, 0) is 24.6 Å². The maximum Gasteiger partial charge on any atom is 0.244 e. The SMILES string of the molecule is O=C(Cn1cc(OCc2ccccc2F)c(=O)cc1CO)Nc1cccc(F)c1. The number of hydrogen-bond donors (Lipinski definition) is 2. The molecule has 0 unspecified atom stereocenters. The second-order valence-corrected chi connectivity index (χ2v) is 6.22. The molecule has 0 saturated carbocycles. The second-order valence-electron chi connectivity index (χ2n) is 6.22. The number of amides is 1. The van der Waals surface area contributed by atoms with Gasteiger partial charge >= 0.3 is 0 Å². The van der Waals surface area contributed by atoms with Crippen molar-refractivity contribution in [2.24, 2.45) is 0 Å². The Labute approximate surface area is 165 Å². The highest BCUT2D eigenvalue weighted by molar-refractivity contribution is 5.90. The third-order valence-corrected chi connectivity index (χ3v) is 4.11. The van der Waals surface area contributed by atoms with Crippen molar-refractivity contribution in [1.82, 2.24) is 4.57 Å². The van der Waals surface area contributed by atoms with Crippen molar-refractivity contribution in [1.29, 1.82) is 0 Å². The second kappa shape index (κ2) is 9.11. The highest BCUT2D eigenvalue weighted by Gasteiger charge is 2.12. The van der Waals surface area contributed by atoms with Gasteiger partial charge < -0.3 is 19.7 Å². The fourth-order valence-corrected chi connectivity index (χ4v) is 2.68. The van der Waals surface area contributed by atoms with E-state index in [2.05, 4.69) is 5.32 Å². The van der Waals surface area contributed by atoms with E-state index in [1.165, 1.54) is 47.2 Å². The van der Waals surface area contributed by atoms with Crippen LogP contribution in [0.4, 0.5) is 14.5 Å². The van der Waals surface area contributed by atoms with Gasteiger partial charge in [0.2, 0.25) is 11.3 Å². The number of carbonyl (C=O) groups excluding carboxylic acids is 1. The molecule has 1 heterocycles. The van der Waals surface area contributed by atoms with E-state index in [4.69, 9.17) is 4.74 Å². The van der Waals surface area contributed by atoms with Crippen molar-refractivity contribution in [3.05, 3.63) is 93.9 Å². The third-order valence-electron chi connectivity index (χ3n) is 4.11. The highest BCUT2D eigenvalue weighted by Crippen LogP contribution is 2.14. The quantitative estimate of drug-likeness (QED) is 0.639. The van der Waals surface area contributed by atoms with Crippen LogP contribution in [-0.4, -0.2) is 15.6 Å². The Morgan fingerprint density at radius 2 is 1.90 bits per heavy atom. The Kier molecular flexibility index (Phi) is 6.36. The summed E-state index contributed by atoms with van der Waals surface area (Å²) in [4.78, 5) is 24.5. The van der Waals surface area contributed by atoms with Crippen molar-refractivity contribution in [3.8, 4) is 5.75 Å². The lowest BCUT2D eigenvalue weighted by atomic mass is 10.2. The van der Waals surface area contributed by atoms with E-state index in [9.17, 15) is 23.5 Å². The third kappa shape index (κ3) is 5.26. The number of anilines is 1. The van der Waals surface area contributed by atoms with Gasteiger partial charge in [-0.2, -0.15) is 0 Å². The fourth-order valence-electron chi connectivity index (χ4n) is 2.68. The number of pyridine rings is 1. The molecule has 1 aromatic heterocycles. The molecule has 0 aliphatic rings. The first kappa shape index (κ1) is 20.2. The molecule has 1 amide bonds. The number of aromatic nitrogens is 1. The van der Waals surface area contributed by atoms with Gasteiger partial charge in [-0.05, 0) is 24.3 Å². The minimum atomic E-state index is -0.507. The summed E-state index contributed by atoms with van der Waals surface area (Å²) in [6, 6.07) is 12.5. The lowest BCUT2D eigenvalue weighted by Crippen LogP contribution is -2.23. The number of carbonyl (C=O) groups is 1. The molecule has 3 aromatic rings. The summed E-state index contributed by atoms with van der Waals surface area (Å²) in [5.41, 5.74) is 0.237. The van der Waals surface area contributed by atoms with Gasteiger partial charge in [-0.15, -0.1) is 0 Å². The molecule has 0 atom stereocenters. The number of nitrogens with zero attached hydrogens (tertiary/aromatic N) is 1. The lowest BCUT2D eigenvalue weighted by Gasteiger charge is -2.14. The van der Waals surface area contributed by atoms with Gasteiger partial charge in [-0.1, -0.05) is 24.3 Å². The molecule has 29 heavy (non-hydrogen) atoms. The van der Waals surface area contributed by atoms with E-state index in [-0.39, 0.29) is 35.8 Å². The topological polar surface area (TPSA) is 80.6 Å². The van der Waals surface area contributed by atoms with E-state index in [1.807, 2.05) is 0 Å². The predicted octanol–water partition coefficient (Wildman–Crippen LogP) is 2.84. The Bertz CT molecular complexity index is 1080. The number of benzene rings is 2. The Morgan fingerprint density at radius 3 is 2.62 bits per heavy atom. The number of nitrogens with one attached hydrogen (secondary N) is 1. The van der Waals surface area contributed by atoms with Gasteiger partial charge in [0.15, 0.2) is 5.75 Å². The molecule has 2 N–H and O–H groups in total.